The number of hydrogen-bond donors (Lipinski definition) is 2. The topological polar surface area (TPSA) is 132 Å². The average molecular weight is 512 g/mol. The molecule has 9 nitrogen and oxygen atoms in total. The number of nitrogens with zero attached hydrogens (tertiary/aromatic N) is 1. The normalized spacial score (nSPS) is 25.2. The minimum absolute atomic E-state index is 0. The maximum atomic E-state index is 13.3. The molecule has 12 heteroatoms. The van der Waals surface area contributed by atoms with Crippen LogP contribution in [0.25, 0.3) is 0 Å². The molecule has 1 aliphatic carbocycles. The number of aliphatic carboxylic acids is 1. The summed E-state index contributed by atoms with van der Waals surface area (Å²) in [7, 11) is 0. The molecule has 2 fully saturated rings. The van der Waals surface area contributed by atoms with Crippen LogP contribution in [0.4, 0.5) is 0 Å². The van der Waals surface area contributed by atoms with Crippen molar-refractivity contribution in [2.45, 2.75) is 54.9 Å². The summed E-state index contributed by atoms with van der Waals surface area (Å²) < 4.78 is 4.55. The van der Waals surface area contributed by atoms with Crippen molar-refractivity contribution < 1.29 is 58.3 Å². The molecule has 4 rings (SSSR count). The Morgan fingerprint density at radius 3 is 2.68 bits per heavy atom. The fourth-order valence-electron chi connectivity index (χ4n) is 4.27. The van der Waals surface area contributed by atoms with Crippen molar-refractivity contribution in [1.29, 1.82) is 0 Å². The van der Waals surface area contributed by atoms with Gasteiger partial charge in [0, 0.05) is 4.75 Å². The Labute approximate surface area is 227 Å². The molecule has 2 saturated heterocycles. The third kappa shape index (κ3) is 4.90. The Kier molecular flexibility index (Phi) is 8.14. The number of carboxylic acid groups (broad SMARTS) is 1. The Hall–Kier alpha value is -1.92. The van der Waals surface area contributed by atoms with Crippen LogP contribution >= 0.6 is 24.0 Å². The number of nitrogens with one attached hydrogen (secondary N) is 2. The molecule has 3 heterocycles. The van der Waals surface area contributed by atoms with E-state index < -0.39 is 51.9 Å². The van der Waals surface area contributed by atoms with Crippen LogP contribution in [-0.4, -0.2) is 56.8 Å². The molecule has 174 valence electrons. The summed E-state index contributed by atoms with van der Waals surface area (Å²) in [6.07, 6.45) is 9.33. The van der Waals surface area contributed by atoms with E-state index >= 15 is 0 Å². The van der Waals surface area contributed by atoms with Gasteiger partial charge in [-0.15, -0.1) is 11.8 Å². The third-order valence-corrected chi connectivity index (χ3v) is 7.83. The average Bonchev–Trinajstić information content (AvgIpc) is 3.04. The van der Waals surface area contributed by atoms with E-state index in [1.807, 2.05) is 18.2 Å². The molecule has 2 aliphatic heterocycles. The van der Waals surface area contributed by atoms with E-state index in [9.17, 15) is 24.3 Å². The monoisotopic (exact) mass is 511 g/mol. The van der Waals surface area contributed by atoms with Crippen molar-refractivity contribution >= 4 is 47.7 Å². The van der Waals surface area contributed by atoms with Crippen LogP contribution in [0.2, 0.25) is 0 Å². The van der Waals surface area contributed by atoms with Gasteiger partial charge in [0.15, 0.2) is 0 Å². The number of allylic oxidation sites excluding steroid dienone is 3. The van der Waals surface area contributed by atoms with Crippen molar-refractivity contribution in [3.8, 4) is 0 Å². The van der Waals surface area contributed by atoms with Crippen LogP contribution in [0.15, 0.2) is 46.8 Å². The van der Waals surface area contributed by atoms with E-state index in [2.05, 4.69) is 10.6 Å². The third-order valence-electron chi connectivity index (χ3n) is 5.90. The molecule has 1 unspecified atom stereocenters. The summed E-state index contributed by atoms with van der Waals surface area (Å²) in [5, 5.41) is 16.5. The van der Waals surface area contributed by atoms with Crippen LogP contribution in [0.1, 0.15) is 37.0 Å². The Morgan fingerprint density at radius 2 is 2.06 bits per heavy atom. The fraction of sp³-hybridized carbons (Fsp3) is 0.409. The van der Waals surface area contributed by atoms with E-state index in [0.717, 1.165) is 0 Å². The number of rotatable bonds is 6. The zero-order valence-corrected chi connectivity index (χ0v) is 22.5. The van der Waals surface area contributed by atoms with Gasteiger partial charge < -0.3 is 29.9 Å². The second-order valence-corrected chi connectivity index (χ2v) is 10.7. The van der Waals surface area contributed by atoms with Gasteiger partial charge in [-0.1, -0.05) is 30.4 Å². The molecule has 0 radical (unpaired) electrons. The molecule has 2 N–H and O–H groups in total. The van der Waals surface area contributed by atoms with Crippen molar-refractivity contribution in [3.05, 3.63) is 52.5 Å². The zero-order chi connectivity index (χ0) is 23.9. The van der Waals surface area contributed by atoms with E-state index in [4.69, 9.17) is 16.6 Å². The predicted octanol–water partition coefficient (Wildman–Crippen LogP) is -2.32. The van der Waals surface area contributed by atoms with Gasteiger partial charge in [-0.05, 0) is 38.3 Å². The van der Waals surface area contributed by atoms with Gasteiger partial charge in [0.05, 0.1) is 28.3 Å². The summed E-state index contributed by atoms with van der Waals surface area (Å²) >= 11 is 6.47. The SMILES string of the molecule is CC1(C)S[C@@H]2[C@H](NC(=O)C(NC(=O)c3coccc3=S)C3=CCC=CC3)C(=O)N2[C@H]1C(=O)[O-].[Na+]. The number of carbonyl (C=O) groups excluding carboxylic acids is 4. The molecular weight excluding hydrogens is 489 g/mol. The maximum Gasteiger partial charge on any atom is 1.00 e. The summed E-state index contributed by atoms with van der Waals surface area (Å²) in [5.41, 5.74) is 0.797. The molecule has 0 bridgehead atoms. The first-order valence-corrected chi connectivity index (χ1v) is 11.6. The number of fused-ring (bicyclic) bond motifs is 1. The Morgan fingerprint density at radius 1 is 1.32 bits per heavy atom. The summed E-state index contributed by atoms with van der Waals surface area (Å²) in [6.45, 7) is 3.45. The van der Waals surface area contributed by atoms with Crippen LogP contribution < -0.4 is 45.3 Å². The van der Waals surface area contributed by atoms with Gasteiger partial charge in [0.1, 0.15) is 23.7 Å². The Balaban J connectivity index is 0.00000324. The first-order chi connectivity index (χ1) is 15.6. The summed E-state index contributed by atoms with van der Waals surface area (Å²) in [5.74, 6) is -2.95. The van der Waals surface area contributed by atoms with E-state index in [1.165, 1.54) is 35.3 Å². The van der Waals surface area contributed by atoms with E-state index in [0.29, 0.717) is 18.4 Å². The molecular formula is C22H22N3NaO6S2. The number of amides is 3. The van der Waals surface area contributed by atoms with Crippen molar-refractivity contribution in [3.63, 3.8) is 0 Å². The van der Waals surface area contributed by atoms with Gasteiger partial charge in [-0.25, -0.2) is 0 Å². The van der Waals surface area contributed by atoms with Crippen LogP contribution in [0, 0.1) is 4.51 Å². The van der Waals surface area contributed by atoms with E-state index in [-0.39, 0.29) is 39.6 Å². The van der Waals surface area contributed by atoms with Gasteiger partial charge in [0.2, 0.25) is 11.8 Å². The molecule has 34 heavy (non-hydrogen) atoms. The smallest absolute Gasteiger partial charge is 0.548 e. The van der Waals surface area contributed by atoms with Gasteiger partial charge in [-0.2, -0.15) is 0 Å². The molecule has 3 aliphatic rings. The molecule has 0 spiro atoms. The Bertz CT molecular complexity index is 1150. The fourth-order valence-corrected chi connectivity index (χ4v) is 6.09. The molecule has 0 aromatic carbocycles. The van der Waals surface area contributed by atoms with Crippen LogP contribution in [0.5, 0.6) is 0 Å². The number of carboxylic acids is 1. The number of thioether (sulfide) groups is 1. The quantitative estimate of drug-likeness (QED) is 0.188. The predicted molar refractivity (Wildman–Crippen MR) is 120 cm³/mol. The minimum Gasteiger partial charge on any atom is -0.548 e. The van der Waals surface area contributed by atoms with Crippen LogP contribution in [0.3, 0.4) is 0 Å². The molecule has 4 atom stereocenters. The second kappa shape index (κ2) is 10.4. The van der Waals surface area contributed by atoms with Crippen molar-refractivity contribution in [2.75, 3.05) is 0 Å². The van der Waals surface area contributed by atoms with Gasteiger partial charge in [-0.3, -0.25) is 14.4 Å². The minimum atomic E-state index is -1.33. The van der Waals surface area contributed by atoms with E-state index in [1.54, 1.807) is 13.8 Å². The number of hydrogen-bond acceptors (Lipinski definition) is 8. The first kappa shape index (κ1) is 26.7. The zero-order valence-electron chi connectivity index (χ0n) is 18.9. The standard InChI is InChI=1S/C22H23N3O6S2.Na/c1-22(2)16(21(29)30)25-19(28)15(20(25)33-22)24-18(27)14(11-6-4-3-5-7-11)23-17(26)12-10-31-9-8-13(12)32;/h3-4,7-10,14-16,20H,5-6H2,1-2H3,(H,23,26)(H,24,27)(H,29,30);/q;+1/p-1/t14?,15-,16+,20-;/m1./s1. The number of carbonyl (C=O) groups is 4. The molecule has 1 aromatic rings. The van der Waals surface area contributed by atoms with Gasteiger partial charge >= 0.3 is 29.6 Å². The van der Waals surface area contributed by atoms with Crippen molar-refractivity contribution in [1.82, 2.24) is 15.5 Å². The maximum absolute atomic E-state index is 13.3. The van der Waals surface area contributed by atoms with Crippen LogP contribution in [-0.2, 0) is 14.4 Å². The van der Waals surface area contributed by atoms with Crippen molar-refractivity contribution in [2.24, 2.45) is 0 Å². The number of β-lactam (4-membered cyclic amide) rings is 1. The second-order valence-electron chi connectivity index (χ2n) is 8.50. The largest absolute Gasteiger partial charge is 1.00 e. The first-order valence-electron chi connectivity index (χ1n) is 10.3. The summed E-state index contributed by atoms with van der Waals surface area (Å²) in [6, 6.07) is -1.54. The summed E-state index contributed by atoms with van der Waals surface area (Å²) in [4.78, 5) is 51.7. The molecule has 3 amide bonds. The molecule has 0 saturated carbocycles. The molecule has 1 aromatic heterocycles. The van der Waals surface area contributed by atoms with Gasteiger partial charge in [0.25, 0.3) is 5.91 Å².